The monoisotopic (exact) mass is 256 g/mol. The number of carboxylic acid groups (broad SMARTS) is 1. The van der Waals surface area contributed by atoms with Gasteiger partial charge >= 0.3 is 12.1 Å². The van der Waals surface area contributed by atoms with Gasteiger partial charge in [0, 0.05) is 12.6 Å². The lowest BCUT2D eigenvalue weighted by molar-refractivity contribution is -0.137. The summed E-state index contributed by atoms with van der Waals surface area (Å²) in [7, 11) is 1.14. The lowest BCUT2D eigenvalue weighted by Crippen LogP contribution is -2.33. The van der Waals surface area contributed by atoms with Crippen LogP contribution in [0.3, 0.4) is 0 Å². The molecular formula is C9H12N4O5. The second-order valence-electron chi connectivity index (χ2n) is 3.34. The first kappa shape index (κ1) is 13.6. The molecule has 0 radical (unpaired) electrons. The Bertz CT molecular complexity index is 456. The number of imide groups is 1. The van der Waals surface area contributed by atoms with Crippen molar-refractivity contribution in [3.05, 3.63) is 11.9 Å². The zero-order valence-electron chi connectivity index (χ0n) is 9.62. The third-order valence-corrected chi connectivity index (χ3v) is 1.91. The second-order valence-corrected chi connectivity index (χ2v) is 3.34. The van der Waals surface area contributed by atoms with Crippen molar-refractivity contribution in [1.29, 1.82) is 0 Å². The molecule has 1 heterocycles. The van der Waals surface area contributed by atoms with E-state index in [2.05, 4.69) is 15.0 Å². The van der Waals surface area contributed by atoms with Gasteiger partial charge in [0.15, 0.2) is 0 Å². The summed E-state index contributed by atoms with van der Waals surface area (Å²) < 4.78 is 5.45. The fraction of sp³-hybridized carbons (Fsp3) is 0.444. The number of hydrogen-bond donors (Lipinski definition) is 2. The maximum absolute atomic E-state index is 11.3. The molecule has 0 fully saturated rings. The first-order chi connectivity index (χ1) is 8.51. The normalized spacial score (nSPS) is 9.83. The predicted octanol–water partition coefficient (Wildman–Crippen LogP) is -0.822. The third-order valence-electron chi connectivity index (χ3n) is 1.91. The number of carboxylic acids is 1. The number of carbonyl (C=O) groups is 3. The fourth-order valence-corrected chi connectivity index (χ4v) is 1.12. The fourth-order valence-electron chi connectivity index (χ4n) is 1.12. The Balaban J connectivity index is 2.45. The van der Waals surface area contributed by atoms with Crippen LogP contribution in [0.1, 0.15) is 12.1 Å². The van der Waals surface area contributed by atoms with Gasteiger partial charge in [-0.25, -0.2) is 9.48 Å². The van der Waals surface area contributed by atoms with Gasteiger partial charge in [-0.3, -0.25) is 14.9 Å². The van der Waals surface area contributed by atoms with E-state index in [0.717, 1.165) is 7.11 Å². The van der Waals surface area contributed by atoms with Crippen LogP contribution >= 0.6 is 0 Å². The third kappa shape index (κ3) is 4.60. The summed E-state index contributed by atoms with van der Waals surface area (Å²) in [4.78, 5) is 32.3. The van der Waals surface area contributed by atoms with Gasteiger partial charge in [-0.1, -0.05) is 5.21 Å². The van der Waals surface area contributed by atoms with E-state index in [1.165, 1.54) is 10.9 Å². The molecule has 9 heteroatoms. The van der Waals surface area contributed by atoms with Crippen LogP contribution in [0.4, 0.5) is 4.79 Å². The molecule has 0 spiro atoms. The van der Waals surface area contributed by atoms with Gasteiger partial charge in [0.25, 0.3) is 5.91 Å². The quantitative estimate of drug-likeness (QED) is 0.705. The molecule has 0 saturated carbocycles. The van der Waals surface area contributed by atoms with Crippen molar-refractivity contribution in [3.63, 3.8) is 0 Å². The number of amides is 2. The topological polar surface area (TPSA) is 123 Å². The maximum Gasteiger partial charge on any atom is 0.413 e. The average molecular weight is 256 g/mol. The number of aryl methyl sites for hydroxylation is 1. The van der Waals surface area contributed by atoms with Gasteiger partial charge in [0.05, 0.1) is 19.2 Å². The standard InChI is InChI=1S/C9H12N4O5/c1-18-9(17)10-7(14)5-13-4-6(11-12-13)2-3-8(15)16/h4H,2-3,5H2,1H3,(H,15,16)(H,10,14,17). The molecule has 0 aliphatic carbocycles. The van der Waals surface area contributed by atoms with Crippen molar-refractivity contribution in [1.82, 2.24) is 20.3 Å². The first-order valence-electron chi connectivity index (χ1n) is 5.00. The summed E-state index contributed by atoms with van der Waals surface area (Å²) >= 11 is 0. The van der Waals surface area contributed by atoms with Gasteiger partial charge < -0.3 is 9.84 Å². The van der Waals surface area contributed by atoms with Crippen molar-refractivity contribution in [2.75, 3.05) is 7.11 Å². The lowest BCUT2D eigenvalue weighted by Gasteiger charge is -2.01. The predicted molar refractivity (Wildman–Crippen MR) is 56.5 cm³/mol. The Morgan fingerprint density at radius 1 is 1.50 bits per heavy atom. The molecule has 2 N–H and O–H groups in total. The summed E-state index contributed by atoms with van der Waals surface area (Å²) in [5.41, 5.74) is 0.461. The summed E-state index contributed by atoms with van der Waals surface area (Å²) in [6.45, 7) is -0.199. The molecule has 0 aliphatic heterocycles. The molecule has 0 atom stereocenters. The zero-order chi connectivity index (χ0) is 13.5. The molecule has 2 amide bonds. The summed E-state index contributed by atoms with van der Waals surface area (Å²) in [6, 6.07) is 0. The molecule has 0 saturated heterocycles. The molecule has 9 nitrogen and oxygen atoms in total. The summed E-state index contributed by atoms with van der Waals surface area (Å²) in [6.07, 6.45) is 0.757. The van der Waals surface area contributed by atoms with Gasteiger partial charge in [-0.15, -0.1) is 5.10 Å². The Kier molecular flexibility index (Phi) is 4.78. The molecule has 1 aromatic rings. The van der Waals surface area contributed by atoms with Crippen molar-refractivity contribution in [3.8, 4) is 0 Å². The van der Waals surface area contributed by atoms with E-state index in [9.17, 15) is 14.4 Å². The van der Waals surface area contributed by atoms with Gasteiger partial charge in [0.1, 0.15) is 6.54 Å². The molecule has 0 bridgehead atoms. The smallest absolute Gasteiger partial charge is 0.413 e. The lowest BCUT2D eigenvalue weighted by atomic mass is 10.2. The molecule has 18 heavy (non-hydrogen) atoms. The SMILES string of the molecule is COC(=O)NC(=O)Cn1cc(CCC(=O)O)nn1. The van der Waals surface area contributed by atoms with E-state index >= 15 is 0 Å². The van der Waals surface area contributed by atoms with Gasteiger partial charge in [-0.05, 0) is 0 Å². The van der Waals surface area contributed by atoms with Crippen LogP contribution in [0.15, 0.2) is 6.20 Å². The molecular weight excluding hydrogens is 244 g/mol. The Hall–Kier alpha value is -2.45. The maximum atomic E-state index is 11.3. The Morgan fingerprint density at radius 3 is 2.83 bits per heavy atom. The number of nitrogens with one attached hydrogen (secondary N) is 1. The average Bonchev–Trinajstić information content (AvgIpc) is 2.73. The number of alkyl carbamates (subject to hydrolysis) is 1. The number of rotatable bonds is 5. The number of nitrogens with zero attached hydrogens (tertiary/aromatic N) is 3. The van der Waals surface area contributed by atoms with E-state index in [-0.39, 0.29) is 19.4 Å². The summed E-state index contributed by atoms with van der Waals surface area (Å²) in [5.74, 6) is -1.54. The van der Waals surface area contributed by atoms with E-state index in [0.29, 0.717) is 5.69 Å². The van der Waals surface area contributed by atoms with Crippen LogP contribution in [0, 0.1) is 0 Å². The van der Waals surface area contributed by atoms with Crippen LogP contribution in [0.5, 0.6) is 0 Å². The molecule has 0 aromatic carbocycles. The first-order valence-corrected chi connectivity index (χ1v) is 5.00. The van der Waals surface area contributed by atoms with Gasteiger partial charge in [-0.2, -0.15) is 0 Å². The molecule has 1 rings (SSSR count). The minimum atomic E-state index is -0.937. The number of aromatic nitrogens is 3. The largest absolute Gasteiger partial charge is 0.481 e. The summed E-state index contributed by atoms with van der Waals surface area (Å²) in [5, 5.41) is 17.8. The number of carbonyl (C=O) groups excluding carboxylic acids is 2. The van der Waals surface area contributed by atoms with Crippen molar-refractivity contribution >= 4 is 18.0 Å². The van der Waals surface area contributed by atoms with E-state index in [4.69, 9.17) is 5.11 Å². The van der Waals surface area contributed by atoms with Crippen LogP contribution in [0.25, 0.3) is 0 Å². The second kappa shape index (κ2) is 6.33. The van der Waals surface area contributed by atoms with Crippen molar-refractivity contribution in [2.24, 2.45) is 0 Å². The Labute approximate surface area is 102 Å². The highest BCUT2D eigenvalue weighted by Crippen LogP contribution is 1.98. The highest BCUT2D eigenvalue weighted by atomic mass is 16.5. The van der Waals surface area contributed by atoms with Gasteiger partial charge in [0.2, 0.25) is 0 Å². The minimum Gasteiger partial charge on any atom is -0.481 e. The van der Waals surface area contributed by atoms with Crippen LogP contribution < -0.4 is 5.32 Å². The Morgan fingerprint density at radius 2 is 2.22 bits per heavy atom. The highest BCUT2D eigenvalue weighted by molar-refractivity contribution is 5.91. The number of methoxy groups -OCH3 is 1. The molecule has 98 valence electrons. The number of aliphatic carboxylic acids is 1. The van der Waals surface area contributed by atoms with E-state index < -0.39 is 18.0 Å². The molecule has 0 aliphatic rings. The number of ether oxygens (including phenoxy) is 1. The zero-order valence-corrected chi connectivity index (χ0v) is 9.62. The van der Waals surface area contributed by atoms with E-state index in [1.807, 2.05) is 5.32 Å². The molecule has 1 aromatic heterocycles. The highest BCUT2D eigenvalue weighted by Gasteiger charge is 2.10. The van der Waals surface area contributed by atoms with Crippen molar-refractivity contribution < 1.29 is 24.2 Å². The molecule has 0 unspecified atom stereocenters. The van der Waals surface area contributed by atoms with E-state index in [1.54, 1.807) is 0 Å². The minimum absolute atomic E-state index is 0.0625. The number of hydrogen-bond acceptors (Lipinski definition) is 6. The van der Waals surface area contributed by atoms with Crippen LogP contribution in [-0.4, -0.2) is 45.2 Å². The van der Waals surface area contributed by atoms with Crippen LogP contribution in [0.2, 0.25) is 0 Å². The van der Waals surface area contributed by atoms with Crippen LogP contribution in [-0.2, 0) is 27.3 Å². The van der Waals surface area contributed by atoms with Crippen molar-refractivity contribution in [2.45, 2.75) is 19.4 Å².